The minimum Gasteiger partial charge on any atom is -0.370 e. The molecular weight excluding hydrogens is 285 g/mol. The summed E-state index contributed by atoms with van der Waals surface area (Å²) in [6.45, 7) is 1.48. The highest BCUT2D eigenvalue weighted by Crippen LogP contribution is 2.18. The first-order chi connectivity index (χ1) is 9.98. The number of nitrogens with one attached hydrogen (secondary N) is 2. The maximum Gasteiger partial charge on any atom is 0.405 e. The quantitative estimate of drug-likeness (QED) is 0.882. The predicted octanol–water partition coefficient (Wildman–Crippen LogP) is 2.34. The fourth-order valence-electron chi connectivity index (χ4n) is 1.52. The molecule has 0 bridgehead atoms. The first-order valence-corrected chi connectivity index (χ1v) is 6.17. The first-order valence-electron chi connectivity index (χ1n) is 6.17. The fraction of sp³-hybridized carbons (Fsp3) is 0.333. The fourth-order valence-corrected chi connectivity index (χ4v) is 1.52. The molecule has 2 rings (SSSR count). The van der Waals surface area contributed by atoms with Crippen LogP contribution in [-0.2, 0) is 0 Å². The number of rotatable bonds is 5. The summed E-state index contributed by atoms with van der Waals surface area (Å²) >= 11 is 0. The van der Waals surface area contributed by atoms with Crippen molar-refractivity contribution in [2.75, 3.05) is 23.7 Å². The number of hydrogen-bond donors (Lipinski definition) is 2. The Morgan fingerprint density at radius 2 is 1.76 bits per heavy atom. The summed E-state index contributed by atoms with van der Waals surface area (Å²) in [4.78, 5) is 15.8. The molecule has 0 aromatic carbocycles. The molecule has 9 heteroatoms. The molecule has 0 aliphatic heterocycles. The molecule has 2 heterocycles. The molecule has 21 heavy (non-hydrogen) atoms. The van der Waals surface area contributed by atoms with Crippen LogP contribution in [0.15, 0.2) is 24.8 Å². The average Bonchev–Trinajstić information content (AvgIpc) is 2.46. The van der Waals surface area contributed by atoms with Crippen LogP contribution in [0.1, 0.15) is 6.92 Å². The lowest BCUT2D eigenvalue weighted by Crippen LogP contribution is -2.22. The van der Waals surface area contributed by atoms with Crippen LogP contribution in [0.5, 0.6) is 0 Å². The highest BCUT2D eigenvalue weighted by atomic mass is 19.4. The molecule has 0 aliphatic carbocycles. The van der Waals surface area contributed by atoms with Gasteiger partial charge in [-0.05, 0) is 6.92 Å². The smallest absolute Gasteiger partial charge is 0.370 e. The second-order valence-electron chi connectivity index (χ2n) is 4.08. The summed E-state index contributed by atoms with van der Waals surface area (Å²) in [5.74, 6) is 0.568. The number of anilines is 2. The van der Waals surface area contributed by atoms with Gasteiger partial charge in [0.15, 0.2) is 0 Å². The molecule has 2 N–H and O–H groups in total. The third-order valence-electron chi connectivity index (χ3n) is 2.42. The van der Waals surface area contributed by atoms with E-state index in [0.29, 0.717) is 23.6 Å². The topological polar surface area (TPSA) is 75.6 Å². The normalized spacial score (nSPS) is 11.2. The number of hydrogen-bond acceptors (Lipinski definition) is 6. The maximum absolute atomic E-state index is 12.1. The van der Waals surface area contributed by atoms with Crippen LogP contribution in [0.2, 0.25) is 0 Å². The zero-order chi connectivity index (χ0) is 15.3. The predicted molar refractivity (Wildman–Crippen MR) is 71.8 cm³/mol. The van der Waals surface area contributed by atoms with Gasteiger partial charge in [0.2, 0.25) is 5.95 Å². The molecule has 0 unspecified atom stereocenters. The van der Waals surface area contributed by atoms with E-state index in [9.17, 15) is 13.2 Å². The van der Waals surface area contributed by atoms with Crippen molar-refractivity contribution in [1.82, 2.24) is 19.9 Å². The van der Waals surface area contributed by atoms with Gasteiger partial charge in [0.25, 0.3) is 0 Å². The molecule has 6 nitrogen and oxygen atoms in total. The van der Waals surface area contributed by atoms with Crippen LogP contribution in [0.4, 0.5) is 24.9 Å². The van der Waals surface area contributed by atoms with Crippen LogP contribution in [0.3, 0.4) is 0 Å². The number of nitrogens with zero attached hydrogens (tertiary/aromatic N) is 4. The van der Waals surface area contributed by atoms with Gasteiger partial charge >= 0.3 is 6.18 Å². The average molecular weight is 298 g/mol. The second-order valence-corrected chi connectivity index (χ2v) is 4.08. The van der Waals surface area contributed by atoms with Crippen molar-refractivity contribution in [1.29, 1.82) is 0 Å². The standard InChI is InChI=1S/C12H13F3N6/c1-2-16-10-3-9(20-7-21-10)8-4-17-11(18-5-8)19-6-12(13,14)15/h3-5,7H,2,6H2,1H3,(H,16,20,21)(H,17,18,19). The maximum atomic E-state index is 12.1. The van der Waals surface area contributed by atoms with Crippen LogP contribution in [-0.4, -0.2) is 39.2 Å². The molecule has 0 saturated heterocycles. The summed E-state index contributed by atoms with van der Waals surface area (Å²) in [6, 6.07) is 1.71. The van der Waals surface area contributed by atoms with Crippen LogP contribution < -0.4 is 10.6 Å². The lowest BCUT2D eigenvalue weighted by Gasteiger charge is -2.08. The van der Waals surface area contributed by atoms with Gasteiger partial charge in [-0.2, -0.15) is 13.2 Å². The van der Waals surface area contributed by atoms with Crippen molar-refractivity contribution < 1.29 is 13.2 Å². The summed E-state index contributed by atoms with van der Waals surface area (Å²) in [6.07, 6.45) is -0.105. The largest absolute Gasteiger partial charge is 0.405 e. The molecule has 112 valence electrons. The van der Waals surface area contributed by atoms with E-state index in [2.05, 4.69) is 30.6 Å². The molecule has 0 aliphatic rings. The first kappa shape index (κ1) is 14.9. The van der Waals surface area contributed by atoms with Crippen molar-refractivity contribution in [3.05, 3.63) is 24.8 Å². The lowest BCUT2D eigenvalue weighted by atomic mass is 10.2. The van der Waals surface area contributed by atoms with Crippen molar-refractivity contribution in [2.45, 2.75) is 13.1 Å². The van der Waals surface area contributed by atoms with Gasteiger partial charge in [-0.25, -0.2) is 19.9 Å². The Hall–Kier alpha value is -2.45. The van der Waals surface area contributed by atoms with E-state index in [1.165, 1.54) is 18.7 Å². The van der Waals surface area contributed by atoms with Crippen molar-refractivity contribution >= 4 is 11.8 Å². The van der Waals surface area contributed by atoms with Gasteiger partial charge in [-0.15, -0.1) is 0 Å². The Kier molecular flexibility index (Phi) is 4.51. The van der Waals surface area contributed by atoms with Gasteiger partial charge in [0, 0.05) is 30.6 Å². The highest BCUT2D eigenvalue weighted by Gasteiger charge is 2.26. The Bertz CT molecular complexity index is 584. The van der Waals surface area contributed by atoms with E-state index in [1.54, 1.807) is 6.07 Å². The molecule has 0 atom stereocenters. The van der Waals surface area contributed by atoms with Crippen molar-refractivity contribution in [2.24, 2.45) is 0 Å². The van der Waals surface area contributed by atoms with Crippen LogP contribution >= 0.6 is 0 Å². The molecule has 0 spiro atoms. The van der Waals surface area contributed by atoms with E-state index in [-0.39, 0.29) is 5.95 Å². The van der Waals surface area contributed by atoms with E-state index >= 15 is 0 Å². The Labute approximate surface area is 118 Å². The summed E-state index contributed by atoms with van der Waals surface area (Å²) in [5, 5.41) is 5.14. The van der Waals surface area contributed by atoms with Crippen LogP contribution in [0.25, 0.3) is 11.3 Å². The van der Waals surface area contributed by atoms with Gasteiger partial charge < -0.3 is 10.6 Å². The molecular formula is C12H13F3N6. The van der Waals surface area contributed by atoms with Gasteiger partial charge in [0.1, 0.15) is 18.7 Å². The van der Waals surface area contributed by atoms with Crippen molar-refractivity contribution in [3.8, 4) is 11.3 Å². The summed E-state index contributed by atoms with van der Waals surface area (Å²) in [7, 11) is 0. The van der Waals surface area contributed by atoms with Crippen LogP contribution in [0, 0.1) is 0 Å². The Morgan fingerprint density at radius 1 is 1.05 bits per heavy atom. The second kappa shape index (κ2) is 6.33. The summed E-state index contributed by atoms with van der Waals surface area (Å²) < 4.78 is 36.2. The Morgan fingerprint density at radius 3 is 2.38 bits per heavy atom. The molecule has 0 amide bonds. The Balaban J connectivity index is 2.09. The van der Waals surface area contributed by atoms with E-state index in [0.717, 1.165) is 0 Å². The zero-order valence-electron chi connectivity index (χ0n) is 11.1. The number of aromatic nitrogens is 4. The van der Waals surface area contributed by atoms with Gasteiger partial charge in [0.05, 0.1) is 5.69 Å². The molecule has 0 fully saturated rings. The van der Waals surface area contributed by atoms with Crippen molar-refractivity contribution in [3.63, 3.8) is 0 Å². The third kappa shape index (κ3) is 4.55. The zero-order valence-corrected chi connectivity index (χ0v) is 11.1. The highest BCUT2D eigenvalue weighted by molar-refractivity contribution is 5.60. The molecule has 2 aromatic heterocycles. The minimum absolute atomic E-state index is 0.0861. The third-order valence-corrected chi connectivity index (χ3v) is 2.42. The van der Waals surface area contributed by atoms with Gasteiger partial charge in [-0.3, -0.25) is 0 Å². The summed E-state index contributed by atoms with van der Waals surface area (Å²) in [5.41, 5.74) is 1.18. The minimum atomic E-state index is -4.31. The van der Waals surface area contributed by atoms with Gasteiger partial charge in [-0.1, -0.05) is 0 Å². The monoisotopic (exact) mass is 298 g/mol. The number of halogens is 3. The molecule has 0 saturated carbocycles. The molecule has 0 radical (unpaired) electrons. The number of alkyl halides is 3. The van der Waals surface area contributed by atoms with E-state index < -0.39 is 12.7 Å². The SMILES string of the molecule is CCNc1cc(-c2cnc(NCC(F)(F)F)nc2)ncn1. The lowest BCUT2D eigenvalue weighted by molar-refractivity contribution is -0.115. The van der Waals surface area contributed by atoms with E-state index in [1.807, 2.05) is 6.92 Å². The molecule has 2 aromatic rings. The van der Waals surface area contributed by atoms with E-state index in [4.69, 9.17) is 0 Å².